The van der Waals surface area contributed by atoms with Gasteiger partial charge in [0.2, 0.25) is 17.8 Å². The largest absolute Gasteiger partial charge is 0.494 e. The summed E-state index contributed by atoms with van der Waals surface area (Å²) in [6, 6.07) is 14.9. The number of hydrogen-bond acceptors (Lipinski definition) is 12. The second-order valence-electron chi connectivity index (χ2n) is 16.7. The third-order valence-electron chi connectivity index (χ3n) is 12.2. The average Bonchev–Trinajstić information content (AvgIpc) is 3.24. The van der Waals surface area contributed by atoms with Crippen molar-refractivity contribution < 1.29 is 27.7 Å². The van der Waals surface area contributed by atoms with Crippen LogP contribution in [0, 0.1) is 18.6 Å². The van der Waals surface area contributed by atoms with Crippen molar-refractivity contribution in [2.45, 2.75) is 51.0 Å². The van der Waals surface area contributed by atoms with Crippen LogP contribution in [0.2, 0.25) is 0 Å². The normalized spacial score (nSPS) is 18.2. The quantitative estimate of drug-likeness (QED) is 0.0844. The van der Waals surface area contributed by atoms with Crippen molar-refractivity contribution in [2.75, 3.05) is 81.8 Å². The van der Waals surface area contributed by atoms with Crippen LogP contribution in [-0.4, -0.2) is 109 Å². The lowest BCUT2D eigenvalue weighted by atomic mass is 9.89. The highest BCUT2D eigenvalue weighted by Gasteiger charge is 2.33. The first-order valence-corrected chi connectivity index (χ1v) is 24.4. The minimum atomic E-state index is -2.72. The molecular formula is C45H51BrF2N9O4P. The van der Waals surface area contributed by atoms with Gasteiger partial charge in [-0.1, -0.05) is 18.2 Å². The van der Waals surface area contributed by atoms with Gasteiger partial charge in [0.1, 0.15) is 30.3 Å². The number of aryl methyl sites for hydroxylation is 1. The van der Waals surface area contributed by atoms with Crippen LogP contribution in [0.15, 0.2) is 65.4 Å². The van der Waals surface area contributed by atoms with Crippen LogP contribution in [0.3, 0.4) is 0 Å². The standard InChI is InChI=1S/C45H51BrF2N9O4P/c1-27-21-36(52-45-50-25-32(46)43(54-45)51-37-26-49-35-8-6-5-7-30(35)42(37)62(3,4)60)39(61-2)24-38(27)57-15-12-29(13-16-57)56-19-17-55(18-20-56)14-11-28-22-33(47)41(34(48)23-28)31-9-10-40(58)53-44(31)59/h5-8,21-26,29,31H,9-20H2,1-4H3,(H,53,58,59)(H2,50,51,52,54). The van der Waals surface area contributed by atoms with Crippen LogP contribution in [-0.2, 0) is 20.6 Å². The van der Waals surface area contributed by atoms with E-state index in [2.05, 4.69) is 75.6 Å². The van der Waals surface area contributed by atoms with Crippen LogP contribution in [0.1, 0.15) is 48.3 Å². The Morgan fingerprint density at radius 1 is 0.919 bits per heavy atom. The SMILES string of the molecule is COc1cc(N2CCC(N3CCN(CCc4cc(F)c(C5CCC(=O)NC5=O)c(F)c4)CC3)CC2)c(C)cc1Nc1ncc(Br)c(Nc2cnc3ccccc3c2P(C)(C)=O)n1. The Labute approximate surface area is 368 Å². The number of carbonyl (C=O) groups is 2. The van der Waals surface area contributed by atoms with Crippen LogP contribution in [0.5, 0.6) is 5.75 Å². The summed E-state index contributed by atoms with van der Waals surface area (Å²) < 4.78 is 50.2. The van der Waals surface area contributed by atoms with Gasteiger partial charge in [-0.15, -0.1) is 0 Å². The predicted octanol–water partition coefficient (Wildman–Crippen LogP) is 7.47. The van der Waals surface area contributed by atoms with Crippen LogP contribution in [0.25, 0.3) is 10.9 Å². The molecule has 5 heterocycles. The zero-order valence-electron chi connectivity index (χ0n) is 35.3. The molecule has 0 radical (unpaired) electrons. The number of aromatic nitrogens is 3. The van der Waals surface area contributed by atoms with Gasteiger partial charge >= 0.3 is 0 Å². The van der Waals surface area contributed by atoms with Gasteiger partial charge in [0, 0.05) is 92.5 Å². The van der Waals surface area contributed by atoms with Crippen LogP contribution < -0.4 is 30.9 Å². The minimum Gasteiger partial charge on any atom is -0.494 e. The number of benzene rings is 3. The predicted molar refractivity (Wildman–Crippen MR) is 243 cm³/mol. The zero-order valence-corrected chi connectivity index (χ0v) is 37.8. The van der Waals surface area contributed by atoms with Gasteiger partial charge in [0.15, 0.2) is 0 Å². The monoisotopic (exact) mass is 929 g/mol. The first-order chi connectivity index (χ1) is 29.7. The molecular weight excluding hydrogens is 879 g/mol. The van der Waals surface area contributed by atoms with Gasteiger partial charge in [-0.3, -0.25) is 24.8 Å². The number of fused-ring (bicyclic) bond motifs is 1. The molecule has 3 N–H and O–H groups in total. The molecule has 1 unspecified atom stereocenters. The molecule has 2 amide bonds. The topological polar surface area (TPSA) is 145 Å². The smallest absolute Gasteiger partial charge is 0.234 e. The third kappa shape index (κ3) is 9.48. The van der Waals surface area contributed by atoms with Gasteiger partial charge in [-0.2, -0.15) is 4.98 Å². The Bertz CT molecular complexity index is 2540. The first kappa shape index (κ1) is 43.6. The van der Waals surface area contributed by atoms with E-state index in [9.17, 15) is 14.2 Å². The summed E-state index contributed by atoms with van der Waals surface area (Å²) >= 11 is 3.58. The van der Waals surface area contributed by atoms with Crippen molar-refractivity contribution in [2.24, 2.45) is 0 Å². The van der Waals surface area contributed by atoms with E-state index in [1.165, 1.54) is 12.1 Å². The minimum absolute atomic E-state index is 0.0643. The van der Waals surface area contributed by atoms with Gasteiger partial charge in [-0.05, 0) is 97.3 Å². The van der Waals surface area contributed by atoms with E-state index in [1.807, 2.05) is 24.3 Å². The van der Waals surface area contributed by atoms with E-state index < -0.39 is 36.5 Å². The lowest BCUT2D eigenvalue weighted by Crippen LogP contribution is -2.53. The van der Waals surface area contributed by atoms with E-state index in [0.717, 1.165) is 80.0 Å². The molecule has 3 aliphatic heterocycles. The van der Waals surface area contributed by atoms with Crippen molar-refractivity contribution in [1.82, 2.24) is 30.1 Å². The van der Waals surface area contributed by atoms with Crippen molar-refractivity contribution >= 4 is 79.9 Å². The number of piperidine rings is 2. The molecule has 3 fully saturated rings. The van der Waals surface area contributed by atoms with Gasteiger partial charge in [-0.25, -0.2) is 13.8 Å². The lowest BCUT2D eigenvalue weighted by Gasteiger charge is -2.43. The van der Waals surface area contributed by atoms with Crippen LogP contribution >= 0.6 is 23.1 Å². The maximum atomic E-state index is 15.1. The summed E-state index contributed by atoms with van der Waals surface area (Å²) in [4.78, 5) is 45.0. The molecule has 0 saturated carbocycles. The van der Waals surface area contributed by atoms with Crippen molar-refractivity contribution in [3.8, 4) is 5.75 Å². The summed E-state index contributed by atoms with van der Waals surface area (Å²) in [6.45, 7) is 11.7. The number of pyridine rings is 1. The Balaban J connectivity index is 0.854. The summed E-state index contributed by atoms with van der Waals surface area (Å²) in [6.07, 6.45) is 6.09. The molecule has 3 aromatic carbocycles. The molecule has 0 spiro atoms. The van der Waals surface area contributed by atoms with Crippen molar-refractivity contribution in [3.63, 3.8) is 0 Å². The number of halogens is 3. The number of ether oxygens (including phenoxy) is 1. The number of nitrogens with one attached hydrogen (secondary N) is 3. The second kappa shape index (κ2) is 18.4. The van der Waals surface area contributed by atoms with E-state index in [-0.39, 0.29) is 18.4 Å². The first-order valence-electron chi connectivity index (χ1n) is 21.0. The summed E-state index contributed by atoms with van der Waals surface area (Å²) in [7, 11) is -1.07. The van der Waals surface area contributed by atoms with Gasteiger partial charge in [0.25, 0.3) is 0 Å². The molecule has 5 aromatic rings. The molecule has 2 aromatic heterocycles. The zero-order chi connectivity index (χ0) is 43.7. The maximum Gasteiger partial charge on any atom is 0.234 e. The number of carbonyl (C=O) groups excluding carboxylic acids is 2. The van der Waals surface area contributed by atoms with E-state index >= 15 is 8.78 Å². The molecule has 3 saturated heterocycles. The Kier molecular flexibility index (Phi) is 12.9. The molecule has 62 heavy (non-hydrogen) atoms. The van der Waals surface area contributed by atoms with E-state index in [1.54, 1.807) is 32.8 Å². The van der Waals surface area contributed by atoms with Crippen molar-refractivity contribution in [3.05, 3.63) is 93.7 Å². The molecule has 0 bridgehead atoms. The van der Waals surface area contributed by atoms with E-state index in [0.29, 0.717) is 57.6 Å². The highest BCUT2D eigenvalue weighted by atomic mass is 79.9. The number of hydrogen-bond donors (Lipinski definition) is 3. The highest BCUT2D eigenvalue weighted by molar-refractivity contribution is 9.10. The van der Waals surface area contributed by atoms with Crippen molar-refractivity contribution in [1.29, 1.82) is 0 Å². The molecule has 13 nitrogen and oxygen atoms in total. The summed E-state index contributed by atoms with van der Waals surface area (Å²) in [5.41, 5.74) is 4.64. The molecule has 326 valence electrons. The molecule has 3 aliphatic rings. The highest BCUT2D eigenvalue weighted by Crippen LogP contribution is 2.42. The Hall–Kier alpha value is -5.02. The Morgan fingerprint density at radius 2 is 1.65 bits per heavy atom. The number of para-hydroxylation sites is 1. The summed E-state index contributed by atoms with van der Waals surface area (Å²) in [5.74, 6) is -2.01. The molecule has 1 atom stereocenters. The number of methoxy groups -OCH3 is 1. The number of nitrogens with zero attached hydrogens (tertiary/aromatic N) is 6. The Morgan fingerprint density at radius 3 is 2.34 bits per heavy atom. The summed E-state index contributed by atoms with van der Waals surface area (Å²) in [5, 5.41) is 10.4. The number of anilines is 5. The average molecular weight is 931 g/mol. The second-order valence-corrected chi connectivity index (χ2v) is 20.7. The fourth-order valence-electron chi connectivity index (χ4n) is 9.04. The number of amides is 2. The van der Waals surface area contributed by atoms with E-state index in [4.69, 9.17) is 9.72 Å². The molecule has 0 aliphatic carbocycles. The number of piperazine rings is 1. The van der Waals surface area contributed by atoms with Gasteiger partial charge in [0.05, 0.1) is 40.6 Å². The van der Waals surface area contributed by atoms with Crippen LogP contribution in [0.4, 0.5) is 37.6 Å². The molecule has 17 heteroatoms. The van der Waals surface area contributed by atoms with Gasteiger partial charge < -0.3 is 29.7 Å². The number of imide groups is 1. The lowest BCUT2D eigenvalue weighted by molar-refractivity contribution is -0.134. The number of rotatable bonds is 12. The molecule has 8 rings (SSSR count). The fourth-order valence-corrected chi connectivity index (χ4v) is 10.8. The third-order valence-corrected chi connectivity index (χ3v) is 14.4. The maximum absolute atomic E-state index is 15.1. The fraction of sp³-hybridized carbons (Fsp3) is 0.400.